The molecule has 0 aromatic heterocycles. The van der Waals surface area contributed by atoms with Gasteiger partial charge in [0.25, 0.3) is 0 Å². The third-order valence-corrected chi connectivity index (χ3v) is 3.73. The average molecular weight is 291 g/mol. The molecule has 1 N–H and O–H groups in total. The normalized spacial score (nSPS) is 14.3. The van der Waals surface area contributed by atoms with E-state index in [-0.39, 0.29) is 0 Å². The first kappa shape index (κ1) is 16.3. The van der Waals surface area contributed by atoms with Gasteiger partial charge in [0.05, 0.1) is 6.61 Å². The van der Waals surface area contributed by atoms with E-state index in [4.69, 9.17) is 9.47 Å². The zero-order valence-electron chi connectivity index (χ0n) is 13.3. The fraction of sp³-hybridized carbons (Fsp3) is 0.667. The molecule has 21 heavy (non-hydrogen) atoms. The van der Waals surface area contributed by atoms with Crippen LogP contribution in [0.2, 0.25) is 0 Å². The molecule has 1 aliphatic carbocycles. The Morgan fingerprint density at radius 1 is 1.00 bits per heavy atom. The second-order valence-electron chi connectivity index (χ2n) is 5.82. The molecule has 0 aliphatic heterocycles. The summed E-state index contributed by atoms with van der Waals surface area (Å²) in [6.45, 7) is 5.35. The molecule has 3 nitrogen and oxygen atoms in total. The number of ether oxygens (including phenoxy) is 2. The van der Waals surface area contributed by atoms with E-state index in [0.717, 1.165) is 31.4 Å². The summed E-state index contributed by atoms with van der Waals surface area (Å²) >= 11 is 0. The molecule has 118 valence electrons. The van der Waals surface area contributed by atoms with Crippen molar-refractivity contribution in [1.29, 1.82) is 0 Å². The summed E-state index contributed by atoms with van der Waals surface area (Å²) in [6.07, 6.45) is 7.68. The monoisotopic (exact) mass is 291 g/mol. The van der Waals surface area contributed by atoms with E-state index in [1.54, 1.807) is 0 Å². The molecule has 1 fully saturated rings. The molecule has 0 bridgehead atoms. The van der Waals surface area contributed by atoms with Crippen LogP contribution in [0.5, 0.6) is 5.75 Å². The van der Waals surface area contributed by atoms with Crippen molar-refractivity contribution < 1.29 is 9.47 Å². The van der Waals surface area contributed by atoms with Crippen molar-refractivity contribution >= 4 is 0 Å². The van der Waals surface area contributed by atoms with Gasteiger partial charge in [-0.3, -0.25) is 0 Å². The van der Waals surface area contributed by atoms with Gasteiger partial charge in [-0.2, -0.15) is 0 Å². The molecule has 0 unspecified atom stereocenters. The standard InChI is InChI=1S/C18H29NO2/c1-2-3-4-5-12-20-13-14-21-18-10-6-16(7-11-18)15-19-17-8-9-17/h6-7,10-11,17,19H,2-5,8-9,12-15H2,1H3. The highest BCUT2D eigenvalue weighted by Gasteiger charge is 2.19. The number of unbranched alkanes of at least 4 members (excludes halogenated alkanes) is 3. The Kier molecular flexibility index (Phi) is 7.61. The Labute approximate surface area is 129 Å². The molecule has 0 radical (unpaired) electrons. The molecule has 1 aromatic carbocycles. The van der Waals surface area contributed by atoms with Crippen LogP contribution in [0.25, 0.3) is 0 Å². The lowest BCUT2D eigenvalue weighted by atomic mass is 10.2. The highest BCUT2D eigenvalue weighted by atomic mass is 16.5. The van der Waals surface area contributed by atoms with Crippen LogP contribution in [0.4, 0.5) is 0 Å². The maximum absolute atomic E-state index is 5.68. The Morgan fingerprint density at radius 3 is 2.52 bits per heavy atom. The number of hydrogen-bond donors (Lipinski definition) is 1. The summed E-state index contributed by atoms with van der Waals surface area (Å²) in [6, 6.07) is 9.12. The van der Waals surface area contributed by atoms with Crippen LogP contribution >= 0.6 is 0 Å². The summed E-state index contributed by atoms with van der Waals surface area (Å²) in [5.74, 6) is 0.930. The van der Waals surface area contributed by atoms with Gasteiger partial charge in [0.15, 0.2) is 0 Å². The molecule has 0 amide bonds. The minimum absolute atomic E-state index is 0.632. The number of hydrogen-bond acceptors (Lipinski definition) is 3. The second kappa shape index (κ2) is 9.80. The molecule has 3 heteroatoms. The van der Waals surface area contributed by atoms with Crippen LogP contribution in [0, 0.1) is 0 Å². The van der Waals surface area contributed by atoms with E-state index in [0.29, 0.717) is 13.2 Å². The molecule has 1 saturated carbocycles. The molecular formula is C18H29NO2. The third kappa shape index (κ3) is 7.49. The molecular weight excluding hydrogens is 262 g/mol. The van der Waals surface area contributed by atoms with E-state index in [2.05, 4.69) is 24.4 Å². The summed E-state index contributed by atoms with van der Waals surface area (Å²) in [7, 11) is 0. The fourth-order valence-corrected chi connectivity index (χ4v) is 2.20. The number of benzene rings is 1. The van der Waals surface area contributed by atoms with Crippen LogP contribution < -0.4 is 10.1 Å². The van der Waals surface area contributed by atoms with Crippen LogP contribution in [0.3, 0.4) is 0 Å². The SMILES string of the molecule is CCCCCCOCCOc1ccc(CNC2CC2)cc1. The van der Waals surface area contributed by atoms with E-state index < -0.39 is 0 Å². The molecule has 1 aromatic rings. The van der Waals surface area contributed by atoms with Gasteiger partial charge in [-0.05, 0) is 37.0 Å². The highest BCUT2D eigenvalue weighted by Crippen LogP contribution is 2.19. The highest BCUT2D eigenvalue weighted by molar-refractivity contribution is 5.27. The first-order valence-corrected chi connectivity index (χ1v) is 8.41. The zero-order chi connectivity index (χ0) is 14.8. The maximum Gasteiger partial charge on any atom is 0.119 e. The van der Waals surface area contributed by atoms with Crippen molar-refractivity contribution in [2.75, 3.05) is 19.8 Å². The lowest BCUT2D eigenvalue weighted by molar-refractivity contribution is 0.0971. The first-order valence-electron chi connectivity index (χ1n) is 8.41. The number of nitrogens with one attached hydrogen (secondary N) is 1. The van der Waals surface area contributed by atoms with Gasteiger partial charge in [-0.15, -0.1) is 0 Å². The molecule has 0 saturated heterocycles. The Hall–Kier alpha value is -1.06. The van der Waals surface area contributed by atoms with E-state index in [1.165, 1.54) is 37.7 Å². The van der Waals surface area contributed by atoms with Crippen molar-refractivity contribution in [2.45, 2.75) is 58.0 Å². The predicted octanol–water partition coefficient (Wildman–Crippen LogP) is 3.91. The van der Waals surface area contributed by atoms with Gasteiger partial charge in [0, 0.05) is 19.2 Å². The number of rotatable bonds is 12. The lowest BCUT2D eigenvalue weighted by Gasteiger charge is -2.08. The Balaban J connectivity index is 1.49. The predicted molar refractivity (Wildman–Crippen MR) is 86.8 cm³/mol. The minimum Gasteiger partial charge on any atom is -0.491 e. The summed E-state index contributed by atoms with van der Waals surface area (Å²) in [5, 5.41) is 3.51. The smallest absolute Gasteiger partial charge is 0.119 e. The quantitative estimate of drug-likeness (QED) is 0.592. The van der Waals surface area contributed by atoms with Crippen molar-refractivity contribution in [1.82, 2.24) is 5.32 Å². The topological polar surface area (TPSA) is 30.5 Å². The lowest BCUT2D eigenvalue weighted by Crippen LogP contribution is -2.15. The van der Waals surface area contributed by atoms with E-state index in [9.17, 15) is 0 Å². The Bertz CT molecular complexity index is 373. The van der Waals surface area contributed by atoms with Crippen LogP contribution in [-0.2, 0) is 11.3 Å². The van der Waals surface area contributed by atoms with Gasteiger partial charge in [-0.25, -0.2) is 0 Å². The fourth-order valence-electron chi connectivity index (χ4n) is 2.20. The molecule has 0 spiro atoms. The minimum atomic E-state index is 0.632. The maximum atomic E-state index is 5.68. The summed E-state index contributed by atoms with van der Waals surface area (Å²) in [5.41, 5.74) is 1.32. The first-order chi connectivity index (χ1) is 10.4. The van der Waals surface area contributed by atoms with Crippen molar-refractivity contribution in [3.05, 3.63) is 29.8 Å². The largest absolute Gasteiger partial charge is 0.491 e. The van der Waals surface area contributed by atoms with Crippen LogP contribution in [0.15, 0.2) is 24.3 Å². The van der Waals surface area contributed by atoms with E-state index >= 15 is 0 Å². The Morgan fingerprint density at radius 2 is 1.81 bits per heavy atom. The summed E-state index contributed by atoms with van der Waals surface area (Å²) < 4.78 is 11.2. The third-order valence-electron chi connectivity index (χ3n) is 3.73. The zero-order valence-corrected chi connectivity index (χ0v) is 13.3. The molecule has 0 atom stereocenters. The molecule has 1 aliphatic rings. The van der Waals surface area contributed by atoms with Crippen molar-refractivity contribution in [2.24, 2.45) is 0 Å². The molecule has 2 rings (SSSR count). The van der Waals surface area contributed by atoms with Crippen LogP contribution in [0.1, 0.15) is 51.0 Å². The van der Waals surface area contributed by atoms with Gasteiger partial charge in [0.1, 0.15) is 12.4 Å². The van der Waals surface area contributed by atoms with Gasteiger partial charge >= 0.3 is 0 Å². The van der Waals surface area contributed by atoms with Crippen LogP contribution in [-0.4, -0.2) is 25.9 Å². The average Bonchev–Trinajstić information content (AvgIpc) is 3.33. The van der Waals surface area contributed by atoms with Crippen molar-refractivity contribution in [3.8, 4) is 5.75 Å². The van der Waals surface area contributed by atoms with E-state index in [1.807, 2.05) is 12.1 Å². The van der Waals surface area contributed by atoms with Gasteiger partial charge < -0.3 is 14.8 Å². The van der Waals surface area contributed by atoms with Gasteiger partial charge in [-0.1, -0.05) is 38.3 Å². The second-order valence-corrected chi connectivity index (χ2v) is 5.82. The van der Waals surface area contributed by atoms with Gasteiger partial charge in [0.2, 0.25) is 0 Å². The van der Waals surface area contributed by atoms with Crippen molar-refractivity contribution in [3.63, 3.8) is 0 Å². The summed E-state index contributed by atoms with van der Waals surface area (Å²) in [4.78, 5) is 0. The molecule has 0 heterocycles.